The monoisotopic (exact) mass is 255 g/mol. The molecule has 2 aromatic rings. The lowest BCUT2D eigenvalue weighted by molar-refractivity contribution is 0.458. The SMILES string of the molecule is Cc1nc(Cl)cc(Oc2cncc(Cl)c2)n1. The molecule has 2 aromatic heterocycles. The molecule has 16 heavy (non-hydrogen) atoms. The van der Waals surface area contributed by atoms with Crippen molar-refractivity contribution in [2.75, 3.05) is 0 Å². The van der Waals surface area contributed by atoms with Gasteiger partial charge in [-0.3, -0.25) is 4.98 Å². The summed E-state index contributed by atoms with van der Waals surface area (Å²) in [6.45, 7) is 1.73. The molecule has 2 rings (SSSR count). The quantitative estimate of drug-likeness (QED) is 0.773. The van der Waals surface area contributed by atoms with Crippen molar-refractivity contribution in [3.63, 3.8) is 0 Å². The number of ether oxygens (including phenoxy) is 1. The molecule has 0 saturated carbocycles. The van der Waals surface area contributed by atoms with Gasteiger partial charge in [0.25, 0.3) is 0 Å². The molecule has 0 aromatic carbocycles. The fraction of sp³-hybridized carbons (Fsp3) is 0.100. The summed E-state index contributed by atoms with van der Waals surface area (Å²) in [7, 11) is 0. The van der Waals surface area contributed by atoms with Gasteiger partial charge in [0.2, 0.25) is 5.88 Å². The number of aryl methyl sites for hydroxylation is 1. The van der Waals surface area contributed by atoms with Crippen LogP contribution in [-0.2, 0) is 0 Å². The third kappa shape index (κ3) is 2.81. The lowest BCUT2D eigenvalue weighted by Crippen LogP contribution is -1.93. The minimum atomic E-state index is 0.331. The summed E-state index contributed by atoms with van der Waals surface area (Å²) < 4.78 is 5.44. The van der Waals surface area contributed by atoms with Crippen molar-refractivity contribution >= 4 is 23.2 Å². The Balaban J connectivity index is 2.27. The van der Waals surface area contributed by atoms with Crippen molar-refractivity contribution < 1.29 is 4.74 Å². The number of halogens is 2. The van der Waals surface area contributed by atoms with Crippen LogP contribution in [0.1, 0.15) is 5.82 Å². The van der Waals surface area contributed by atoms with Gasteiger partial charge in [0, 0.05) is 18.3 Å². The molecule has 0 aliphatic rings. The Morgan fingerprint density at radius 2 is 1.94 bits per heavy atom. The average Bonchev–Trinajstić information content (AvgIpc) is 2.15. The molecular formula is C10H7Cl2N3O. The van der Waals surface area contributed by atoms with E-state index in [0.29, 0.717) is 27.6 Å². The molecule has 82 valence electrons. The number of aromatic nitrogens is 3. The van der Waals surface area contributed by atoms with Gasteiger partial charge in [0.15, 0.2) is 0 Å². The maximum absolute atomic E-state index is 5.77. The first-order valence-corrected chi connectivity index (χ1v) is 5.19. The lowest BCUT2D eigenvalue weighted by Gasteiger charge is -2.05. The van der Waals surface area contributed by atoms with Crippen LogP contribution >= 0.6 is 23.2 Å². The van der Waals surface area contributed by atoms with E-state index >= 15 is 0 Å². The normalized spacial score (nSPS) is 10.2. The van der Waals surface area contributed by atoms with Crippen LogP contribution in [-0.4, -0.2) is 15.0 Å². The van der Waals surface area contributed by atoms with Crippen molar-refractivity contribution in [2.45, 2.75) is 6.92 Å². The number of hydrogen-bond acceptors (Lipinski definition) is 4. The van der Waals surface area contributed by atoms with Crippen molar-refractivity contribution in [3.05, 3.63) is 40.5 Å². The van der Waals surface area contributed by atoms with E-state index in [0.717, 1.165) is 0 Å². The molecule has 6 heteroatoms. The van der Waals surface area contributed by atoms with Gasteiger partial charge in [0.05, 0.1) is 11.2 Å². The highest BCUT2D eigenvalue weighted by Gasteiger charge is 2.03. The Labute approximate surface area is 102 Å². The fourth-order valence-corrected chi connectivity index (χ4v) is 1.51. The zero-order chi connectivity index (χ0) is 11.5. The van der Waals surface area contributed by atoms with Gasteiger partial charge in [0.1, 0.15) is 16.7 Å². The van der Waals surface area contributed by atoms with Crippen LogP contribution in [0.5, 0.6) is 11.6 Å². The third-order valence-corrected chi connectivity index (χ3v) is 2.09. The smallest absolute Gasteiger partial charge is 0.224 e. The second kappa shape index (κ2) is 4.63. The van der Waals surface area contributed by atoms with E-state index in [9.17, 15) is 0 Å². The van der Waals surface area contributed by atoms with Gasteiger partial charge in [-0.1, -0.05) is 23.2 Å². The van der Waals surface area contributed by atoms with Gasteiger partial charge >= 0.3 is 0 Å². The third-order valence-electron chi connectivity index (χ3n) is 1.69. The van der Waals surface area contributed by atoms with Gasteiger partial charge < -0.3 is 4.74 Å². The molecule has 0 fully saturated rings. The average molecular weight is 256 g/mol. The van der Waals surface area contributed by atoms with E-state index in [4.69, 9.17) is 27.9 Å². The molecule has 0 N–H and O–H groups in total. The highest BCUT2D eigenvalue weighted by atomic mass is 35.5. The molecule has 0 atom stereocenters. The van der Waals surface area contributed by atoms with E-state index in [1.54, 1.807) is 13.0 Å². The maximum Gasteiger partial charge on any atom is 0.224 e. The van der Waals surface area contributed by atoms with Gasteiger partial charge in [-0.05, 0) is 6.92 Å². The molecule has 0 aliphatic carbocycles. The first-order valence-electron chi connectivity index (χ1n) is 4.43. The van der Waals surface area contributed by atoms with E-state index in [1.165, 1.54) is 18.5 Å². The van der Waals surface area contributed by atoms with Crippen molar-refractivity contribution in [1.82, 2.24) is 15.0 Å². The maximum atomic E-state index is 5.77. The second-order valence-corrected chi connectivity index (χ2v) is 3.84. The van der Waals surface area contributed by atoms with Crippen LogP contribution < -0.4 is 4.74 Å². The summed E-state index contributed by atoms with van der Waals surface area (Å²) in [6.07, 6.45) is 3.06. The standard InChI is InChI=1S/C10H7Cl2N3O/c1-6-14-9(12)3-10(15-6)16-8-2-7(11)4-13-5-8/h2-5H,1H3. The van der Waals surface area contributed by atoms with Gasteiger partial charge in [-0.2, -0.15) is 4.98 Å². The second-order valence-electron chi connectivity index (χ2n) is 3.02. The van der Waals surface area contributed by atoms with Crippen molar-refractivity contribution in [3.8, 4) is 11.6 Å². The van der Waals surface area contributed by atoms with E-state index in [1.807, 2.05) is 0 Å². The fourth-order valence-electron chi connectivity index (χ4n) is 1.13. The minimum Gasteiger partial charge on any atom is -0.437 e. The van der Waals surface area contributed by atoms with Crippen LogP contribution in [0.15, 0.2) is 24.5 Å². The van der Waals surface area contributed by atoms with Crippen LogP contribution in [0.3, 0.4) is 0 Å². The zero-order valence-corrected chi connectivity index (χ0v) is 9.83. The van der Waals surface area contributed by atoms with Crippen molar-refractivity contribution in [2.24, 2.45) is 0 Å². The molecule has 4 nitrogen and oxygen atoms in total. The molecule has 0 bridgehead atoms. The Morgan fingerprint density at radius 3 is 2.62 bits per heavy atom. The van der Waals surface area contributed by atoms with Crippen LogP contribution in [0.2, 0.25) is 10.2 Å². The zero-order valence-electron chi connectivity index (χ0n) is 8.32. The van der Waals surface area contributed by atoms with Gasteiger partial charge in [-0.25, -0.2) is 4.98 Å². The Kier molecular flexibility index (Phi) is 3.22. The van der Waals surface area contributed by atoms with Crippen LogP contribution in [0.4, 0.5) is 0 Å². The number of rotatable bonds is 2. The molecule has 0 amide bonds. The first-order chi connectivity index (χ1) is 7.63. The Hall–Kier alpha value is -1.39. The minimum absolute atomic E-state index is 0.331. The predicted octanol–water partition coefficient (Wildman–Crippen LogP) is 3.28. The first kappa shape index (κ1) is 11.1. The molecule has 2 heterocycles. The van der Waals surface area contributed by atoms with Gasteiger partial charge in [-0.15, -0.1) is 0 Å². The summed E-state index contributed by atoms with van der Waals surface area (Å²) in [4.78, 5) is 11.9. The molecule has 0 radical (unpaired) electrons. The Bertz CT molecular complexity index is 499. The highest BCUT2D eigenvalue weighted by Crippen LogP contribution is 2.22. The highest BCUT2D eigenvalue weighted by molar-refractivity contribution is 6.30. The van der Waals surface area contributed by atoms with E-state index in [-0.39, 0.29) is 0 Å². The van der Waals surface area contributed by atoms with Crippen LogP contribution in [0.25, 0.3) is 0 Å². The van der Waals surface area contributed by atoms with Crippen LogP contribution in [0, 0.1) is 6.92 Å². The summed E-state index contributed by atoms with van der Waals surface area (Å²) >= 11 is 11.5. The predicted molar refractivity (Wildman–Crippen MR) is 61.1 cm³/mol. The number of pyridine rings is 1. The summed E-state index contributed by atoms with van der Waals surface area (Å²) in [5.41, 5.74) is 0. The lowest BCUT2D eigenvalue weighted by atomic mass is 10.4. The molecular weight excluding hydrogens is 249 g/mol. The van der Waals surface area contributed by atoms with E-state index < -0.39 is 0 Å². The molecule has 0 spiro atoms. The number of hydrogen-bond donors (Lipinski definition) is 0. The number of nitrogens with zero attached hydrogens (tertiary/aromatic N) is 3. The summed E-state index contributed by atoms with van der Waals surface area (Å²) in [5, 5.41) is 0.826. The summed E-state index contributed by atoms with van der Waals surface area (Å²) in [5.74, 6) is 1.40. The topological polar surface area (TPSA) is 47.9 Å². The molecule has 0 aliphatic heterocycles. The van der Waals surface area contributed by atoms with Crippen molar-refractivity contribution in [1.29, 1.82) is 0 Å². The summed E-state index contributed by atoms with van der Waals surface area (Å²) in [6, 6.07) is 3.16. The van der Waals surface area contributed by atoms with E-state index in [2.05, 4.69) is 15.0 Å². The Morgan fingerprint density at radius 1 is 1.12 bits per heavy atom. The molecule has 0 unspecified atom stereocenters. The largest absolute Gasteiger partial charge is 0.437 e. The molecule has 0 saturated heterocycles.